The predicted molar refractivity (Wildman–Crippen MR) is 111 cm³/mol. The van der Waals surface area contributed by atoms with Crippen molar-refractivity contribution < 1.29 is 9.21 Å². The van der Waals surface area contributed by atoms with Crippen LogP contribution in [0.4, 0.5) is 0 Å². The molecule has 0 radical (unpaired) electrons. The van der Waals surface area contributed by atoms with Crippen molar-refractivity contribution in [1.82, 2.24) is 15.5 Å². The second-order valence-electron chi connectivity index (χ2n) is 6.30. The lowest BCUT2D eigenvalue weighted by Crippen LogP contribution is -2.28. The number of hydrogen-bond donors (Lipinski definition) is 1. The van der Waals surface area contributed by atoms with Gasteiger partial charge in [0.2, 0.25) is 11.8 Å². The molecule has 27 heavy (non-hydrogen) atoms. The first-order chi connectivity index (χ1) is 12.9. The van der Waals surface area contributed by atoms with Crippen LogP contribution in [0.15, 0.2) is 56.6 Å². The highest BCUT2D eigenvalue weighted by Gasteiger charge is 2.14. The first-order valence-electron chi connectivity index (χ1n) is 8.51. The maximum atomic E-state index is 12.2. The van der Waals surface area contributed by atoms with Crippen LogP contribution < -0.4 is 5.32 Å². The average Bonchev–Trinajstić information content (AvgIpc) is 3.12. The normalized spacial score (nSPS) is 12.0. The Balaban J connectivity index is 1.54. The number of carbonyl (C=O) groups is 1. The summed E-state index contributed by atoms with van der Waals surface area (Å²) in [5, 5.41) is 11.4. The Kier molecular flexibility index (Phi) is 6.34. The minimum absolute atomic E-state index is 0.0570. The molecule has 5 nitrogen and oxygen atoms in total. The van der Waals surface area contributed by atoms with Gasteiger partial charge in [-0.3, -0.25) is 4.79 Å². The maximum Gasteiger partial charge on any atom is 0.277 e. The summed E-state index contributed by atoms with van der Waals surface area (Å²) in [7, 11) is 0. The van der Waals surface area contributed by atoms with E-state index in [-0.39, 0.29) is 17.7 Å². The van der Waals surface area contributed by atoms with Crippen molar-refractivity contribution >= 4 is 33.6 Å². The lowest BCUT2D eigenvalue weighted by molar-refractivity contribution is -0.119. The van der Waals surface area contributed by atoms with Gasteiger partial charge in [-0.15, -0.1) is 10.2 Å². The third kappa shape index (κ3) is 5.20. The molecule has 1 N–H and O–H groups in total. The fourth-order valence-electron chi connectivity index (χ4n) is 2.50. The number of thioether (sulfide) groups is 1. The van der Waals surface area contributed by atoms with Crippen molar-refractivity contribution in [3.63, 3.8) is 0 Å². The van der Waals surface area contributed by atoms with Gasteiger partial charge in [-0.05, 0) is 61.7 Å². The molecule has 0 spiro atoms. The molecule has 0 bridgehead atoms. The zero-order valence-electron chi connectivity index (χ0n) is 15.3. The molecule has 2 aromatic carbocycles. The molecule has 0 fully saturated rings. The lowest BCUT2D eigenvalue weighted by atomic mass is 10.0. The number of nitrogens with zero attached hydrogens (tertiary/aromatic N) is 2. The van der Waals surface area contributed by atoms with Crippen LogP contribution in [-0.2, 0) is 4.79 Å². The van der Waals surface area contributed by atoms with Crippen LogP contribution in [0, 0.1) is 13.8 Å². The van der Waals surface area contributed by atoms with Gasteiger partial charge in [0.05, 0.1) is 11.8 Å². The summed E-state index contributed by atoms with van der Waals surface area (Å²) < 4.78 is 6.61. The summed E-state index contributed by atoms with van der Waals surface area (Å²) in [6.07, 6.45) is 0. The van der Waals surface area contributed by atoms with E-state index in [2.05, 4.69) is 57.4 Å². The van der Waals surface area contributed by atoms with Gasteiger partial charge in [-0.1, -0.05) is 45.9 Å². The van der Waals surface area contributed by atoms with Gasteiger partial charge in [0.15, 0.2) is 0 Å². The fraction of sp³-hybridized carbons (Fsp3) is 0.250. The Morgan fingerprint density at radius 2 is 1.89 bits per heavy atom. The number of hydrogen-bond acceptors (Lipinski definition) is 5. The van der Waals surface area contributed by atoms with E-state index in [1.54, 1.807) is 0 Å². The minimum atomic E-state index is -0.0749. The smallest absolute Gasteiger partial charge is 0.277 e. The number of benzene rings is 2. The van der Waals surface area contributed by atoms with E-state index in [9.17, 15) is 4.79 Å². The summed E-state index contributed by atoms with van der Waals surface area (Å²) in [6, 6.07) is 13.8. The average molecular weight is 446 g/mol. The minimum Gasteiger partial charge on any atom is -0.411 e. The molecule has 0 aliphatic heterocycles. The fourth-order valence-corrected chi connectivity index (χ4v) is 3.34. The lowest BCUT2D eigenvalue weighted by Gasteiger charge is -2.15. The third-order valence-electron chi connectivity index (χ3n) is 4.23. The standard InChI is InChI=1S/C20H20BrN3O2S/c1-12-4-5-16(10-13(12)2)14(3)22-18(25)11-27-20-24-23-19(26-20)15-6-8-17(21)9-7-15/h4-10,14H,11H2,1-3H3,(H,22,25). The van der Waals surface area contributed by atoms with Gasteiger partial charge in [0.1, 0.15) is 0 Å². The van der Waals surface area contributed by atoms with Crippen LogP contribution in [-0.4, -0.2) is 21.9 Å². The summed E-state index contributed by atoms with van der Waals surface area (Å²) in [5.41, 5.74) is 4.39. The summed E-state index contributed by atoms with van der Waals surface area (Å²) in [6.45, 7) is 6.12. The summed E-state index contributed by atoms with van der Waals surface area (Å²) in [5.74, 6) is 0.583. The van der Waals surface area contributed by atoms with E-state index in [1.165, 1.54) is 22.9 Å². The van der Waals surface area contributed by atoms with E-state index >= 15 is 0 Å². The number of aryl methyl sites for hydroxylation is 2. The third-order valence-corrected chi connectivity index (χ3v) is 5.58. The van der Waals surface area contributed by atoms with Crippen molar-refractivity contribution in [3.8, 4) is 11.5 Å². The SMILES string of the molecule is Cc1ccc(C(C)NC(=O)CSc2nnc(-c3ccc(Br)cc3)o2)cc1C. The zero-order valence-corrected chi connectivity index (χ0v) is 17.7. The van der Waals surface area contributed by atoms with Crippen molar-refractivity contribution in [2.45, 2.75) is 32.0 Å². The number of amides is 1. The molecule has 0 aliphatic carbocycles. The Morgan fingerprint density at radius 3 is 2.59 bits per heavy atom. The highest BCUT2D eigenvalue weighted by molar-refractivity contribution is 9.10. The molecule has 1 aromatic heterocycles. The monoisotopic (exact) mass is 445 g/mol. The first kappa shape index (κ1) is 19.6. The number of halogens is 1. The number of aromatic nitrogens is 2. The van der Waals surface area contributed by atoms with Crippen LogP contribution in [0.5, 0.6) is 0 Å². The van der Waals surface area contributed by atoms with Crippen molar-refractivity contribution in [2.24, 2.45) is 0 Å². The van der Waals surface area contributed by atoms with Gasteiger partial charge in [0.25, 0.3) is 5.22 Å². The highest BCUT2D eigenvalue weighted by atomic mass is 79.9. The van der Waals surface area contributed by atoms with Crippen LogP contribution >= 0.6 is 27.7 Å². The highest BCUT2D eigenvalue weighted by Crippen LogP contribution is 2.24. The van der Waals surface area contributed by atoms with E-state index in [4.69, 9.17) is 4.42 Å². The molecule has 3 aromatic rings. The van der Waals surface area contributed by atoms with Crippen LogP contribution in [0.25, 0.3) is 11.5 Å². The number of nitrogens with one attached hydrogen (secondary N) is 1. The second-order valence-corrected chi connectivity index (χ2v) is 8.14. The molecule has 3 rings (SSSR count). The van der Waals surface area contributed by atoms with Gasteiger partial charge in [-0.25, -0.2) is 0 Å². The Hall–Kier alpha value is -2.12. The molecule has 0 saturated heterocycles. The summed E-state index contributed by atoms with van der Waals surface area (Å²) >= 11 is 4.62. The molecule has 7 heteroatoms. The Morgan fingerprint density at radius 1 is 1.15 bits per heavy atom. The van der Waals surface area contributed by atoms with E-state index in [0.717, 1.165) is 15.6 Å². The largest absolute Gasteiger partial charge is 0.411 e. The molecule has 1 amide bonds. The molecule has 1 atom stereocenters. The molecule has 1 unspecified atom stereocenters. The zero-order chi connectivity index (χ0) is 19.4. The maximum absolute atomic E-state index is 12.2. The van der Waals surface area contributed by atoms with E-state index in [0.29, 0.717) is 11.1 Å². The molecule has 1 heterocycles. The van der Waals surface area contributed by atoms with Gasteiger partial charge < -0.3 is 9.73 Å². The molecule has 0 saturated carbocycles. The molecular weight excluding hydrogens is 426 g/mol. The second kappa shape index (κ2) is 8.71. The van der Waals surface area contributed by atoms with Crippen LogP contribution in [0.2, 0.25) is 0 Å². The molecular formula is C20H20BrN3O2S. The number of carbonyl (C=O) groups excluding carboxylic acids is 1. The van der Waals surface area contributed by atoms with Gasteiger partial charge in [-0.2, -0.15) is 0 Å². The van der Waals surface area contributed by atoms with Gasteiger partial charge in [0, 0.05) is 10.0 Å². The van der Waals surface area contributed by atoms with Crippen LogP contribution in [0.3, 0.4) is 0 Å². The quantitative estimate of drug-likeness (QED) is 0.535. The van der Waals surface area contributed by atoms with Gasteiger partial charge >= 0.3 is 0 Å². The topological polar surface area (TPSA) is 68.0 Å². The molecule has 140 valence electrons. The van der Waals surface area contributed by atoms with E-state index in [1.807, 2.05) is 37.3 Å². The Bertz CT molecular complexity index is 941. The molecule has 0 aliphatic rings. The first-order valence-corrected chi connectivity index (χ1v) is 10.3. The van der Waals surface area contributed by atoms with Crippen molar-refractivity contribution in [3.05, 3.63) is 63.6 Å². The van der Waals surface area contributed by atoms with Crippen molar-refractivity contribution in [2.75, 3.05) is 5.75 Å². The van der Waals surface area contributed by atoms with Crippen LogP contribution in [0.1, 0.15) is 29.7 Å². The van der Waals surface area contributed by atoms with Crippen molar-refractivity contribution in [1.29, 1.82) is 0 Å². The summed E-state index contributed by atoms with van der Waals surface area (Å²) in [4.78, 5) is 12.2. The predicted octanol–water partition coefficient (Wildman–Crippen LogP) is 5.09. The Labute approximate surface area is 171 Å². The number of rotatable bonds is 6. The van der Waals surface area contributed by atoms with E-state index < -0.39 is 0 Å².